The molecule has 0 aliphatic carbocycles. The number of unbranched alkanes of at least 4 members (excludes halogenated alkanes) is 1. The Balaban J connectivity index is 1.62. The topological polar surface area (TPSA) is 141 Å². The van der Waals surface area contributed by atoms with E-state index >= 15 is 0 Å². The number of nitrogens with zero attached hydrogens (tertiary/aromatic N) is 2. The highest BCUT2D eigenvalue weighted by Crippen LogP contribution is 2.29. The van der Waals surface area contributed by atoms with Gasteiger partial charge in [-0.1, -0.05) is 41.9 Å². The Labute approximate surface area is 186 Å². The lowest BCUT2D eigenvalue weighted by molar-refractivity contribution is -0.150. The average molecular weight is 447 g/mol. The van der Waals surface area contributed by atoms with E-state index < -0.39 is 23.8 Å². The molecule has 0 radical (unpaired) electrons. The van der Waals surface area contributed by atoms with Gasteiger partial charge in [-0.15, -0.1) is 0 Å². The molecular weight excluding hydrogens is 416 g/mol. The summed E-state index contributed by atoms with van der Waals surface area (Å²) in [5.74, 6) is -1.06. The molecule has 2 aromatic rings. The summed E-state index contributed by atoms with van der Waals surface area (Å²) in [6.07, 6.45) is 2.44. The van der Waals surface area contributed by atoms with Crippen LogP contribution in [0, 0.1) is 5.92 Å². The van der Waals surface area contributed by atoms with Crippen molar-refractivity contribution < 1.29 is 23.6 Å². The van der Waals surface area contributed by atoms with Crippen molar-refractivity contribution in [2.75, 3.05) is 13.2 Å². The van der Waals surface area contributed by atoms with Crippen molar-refractivity contribution in [3.05, 3.63) is 52.3 Å². The average Bonchev–Trinajstić information content (AvgIpc) is 3.38. The summed E-state index contributed by atoms with van der Waals surface area (Å²) >= 11 is 0. The fourth-order valence-corrected chi connectivity index (χ4v) is 4.07. The molecule has 3 N–H and O–H groups in total. The van der Waals surface area contributed by atoms with Gasteiger partial charge in [-0.25, -0.2) is 9.59 Å². The number of nitrogens with two attached hydrogens (primary N) is 1. The number of H-pyrrole nitrogens is 1. The summed E-state index contributed by atoms with van der Waals surface area (Å²) in [7, 11) is 0. The Morgan fingerprint density at radius 3 is 2.75 bits per heavy atom. The van der Waals surface area contributed by atoms with Crippen LogP contribution in [-0.2, 0) is 27.3 Å². The predicted octanol–water partition coefficient (Wildman–Crippen LogP) is 1.99. The van der Waals surface area contributed by atoms with Crippen molar-refractivity contribution >= 4 is 12.1 Å². The molecule has 3 rings (SSSR count). The molecule has 1 unspecified atom stereocenters. The maximum Gasteiger partial charge on any atom is 0.438 e. The number of aryl methyl sites for hydroxylation is 1. The summed E-state index contributed by atoms with van der Waals surface area (Å²) < 4.78 is 15.3. The highest BCUT2D eigenvalue weighted by molar-refractivity contribution is 5.76. The first-order valence-electron chi connectivity index (χ1n) is 10.9. The Bertz CT molecular complexity index is 928. The number of benzene rings is 1. The highest BCUT2D eigenvalue weighted by Gasteiger charge is 2.44. The van der Waals surface area contributed by atoms with Crippen LogP contribution in [0.5, 0.6) is 0 Å². The van der Waals surface area contributed by atoms with E-state index in [0.717, 1.165) is 5.56 Å². The fraction of sp³-hybridized carbons (Fsp3) is 0.545. The van der Waals surface area contributed by atoms with Crippen LogP contribution in [0.1, 0.15) is 44.0 Å². The largest absolute Gasteiger partial charge is 0.466 e. The first-order chi connectivity index (χ1) is 15.5. The molecule has 1 aliphatic heterocycles. The normalized spacial score (nSPS) is 19.0. The van der Waals surface area contributed by atoms with Gasteiger partial charge in [0.1, 0.15) is 6.61 Å². The SMILES string of the molecule is CCOC(=O)C(CCCCc1noc(=O)[nH]1)[C@@H]1[C@@H](N)CCN1C(=O)OCc1ccccc1. The summed E-state index contributed by atoms with van der Waals surface area (Å²) in [4.78, 5) is 40.7. The van der Waals surface area contributed by atoms with E-state index in [0.29, 0.717) is 44.5 Å². The third kappa shape index (κ3) is 6.19. The Kier molecular flexibility index (Phi) is 8.43. The van der Waals surface area contributed by atoms with Crippen LogP contribution in [0.3, 0.4) is 0 Å². The number of carbonyl (C=O) groups excluding carboxylic acids is 2. The van der Waals surface area contributed by atoms with Gasteiger partial charge in [-0.3, -0.25) is 14.3 Å². The van der Waals surface area contributed by atoms with Crippen LogP contribution < -0.4 is 11.5 Å². The number of hydrogen-bond acceptors (Lipinski definition) is 8. The lowest BCUT2D eigenvalue weighted by Gasteiger charge is -2.32. The van der Waals surface area contributed by atoms with E-state index in [2.05, 4.69) is 14.7 Å². The number of esters is 1. The van der Waals surface area contributed by atoms with Crippen LogP contribution in [0.25, 0.3) is 0 Å². The standard InChI is InChI=1S/C22H30N4O6/c1-2-30-20(27)16(10-6-7-11-18-24-21(28)32-25-18)19-17(23)12-13-26(19)22(29)31-14-15-8-4-3-5-9-15/h3-5,8-9,16-17,19H,2,6-7,10-14,23H2,1H3,(H,24,25,28)/t16?,17-,19+/m0/s1. The zero-order valence-electron chi connectivity index (χ0n) is 18.2. The number of rotatable bonds is 10. The minimum Gasteiger partial charge on any atom is -0.466 e. The number of hydrogen-bond donors (Lipinski definition) is 2. The molecule has 1 fully saturated rings. The second-order valence-corrected chi connectivity index (χ2v) is 7.82. The molecule has 10 heteroatoms. The highest BCUT2D eigenvalue weighted by atomic mass is 16.6. The third-order valence-electron chi connectivity index (χ3n) is 5.61. The van der Waals surface area contributed by atoms with Crippen LogP contribution in [0.4, 0.5) is 4.79 Å². The molecule has 32 heavy (non-hydrogen) atoms. The Morgan fingerprint density at radius 2 is 2.06 bits per heavy atom. The number of amides is 1. The van der Waals surface area contributed by atoms with Crippen LogP contribution >= 0.6 is 0 Å². The number of aromatic nitrogens is 2. The van der Waals surface area contributed by atoms with Crippen molar-refractivity contribution in [3.8, 4) is 0 Å². The van der Waals surface area contributed by atoms with E-state index in [1.807, 2.05) is 30.3 Å². The van der Waals surface area contributed by atoms with E-state index in [4.69, 9.17) is 15.2 Å². The lowest BCUT2D eigenvalue weighted by atomic mass is 9.89. The summed E-state index contributed by atoms with van der Waals surface area (Å²) in [5, 5.41) is 3.64. The monoisotopic (exact) mass is 446 g/mol. The van der Waals surface area contributed by atoms with E-state index in [1.54, 1.807) is 11.8 Å². The van der Waals surface area contributed by atoms with E-state index in [9.17, 15) is 14.4 Å². The van der Waals surface area contributed by atoms with Crippen molar-refractivity contribution in [2.45, 2.75) is 57.7 Å². The van der Waals surface area contributed by atoms with Gasteiger partial charge >= 0.3 is 17.8 Å². The maximum absolute atomic E-state index is 12.8. The van der Waals surface area contributed by atoms with Gasteiger partial charge in [0.2, 0.25) is 0 Å². The molecule has 10 nitrogen and oxygen atoms in total. The molecule has 0 bridgehead atoms. The molecule has 0 spiro atoms. The minimum absolute atomic E-state index is 0.151. The van der Waals surface area contributed by atoms with E-state index in [-0.39, 0.29) is 25.2 Å². The smallest absolute Gasteiger partial charge is 0.438 e. The molecule has 1 aliphatic rings. The van der Waals surface area contributed by atoms with Crippen molar-refractivity contribution in [2.24, 2.45) is 11.7 Å². The second-order valence-electron chi connectivity index (χ2n) is 7.82. The van der Waals surface area contributed by atoms with Crippen molar-refractivity contribution in [1.82, 2.24) is 15.0 Å². The number of carbonyl (C=O) groups is 2. The number of aromatic amines is 1. The van der Waals surface area contributed by atoms with Gasteiger partial charge in [0.25, 0.3) is 0 Å². The first kappa shape index (κ1) is 23.5. The van der Waals surface area contributed by atoms with Crippen molar-refractivity contribution in [3.63, 3.8) is 0 Å². The molecule has 1 aromatic carbocycles. The zero-order valence-corrected chi connectivity index (χ0v) is 18.2. The van der Waals surface area contributed by atoms with Gasteiger partial charge in [-0.05, 0) is 31.7 Å². The van der Waals surface area contributed by atoms with Crippen LogP contribution in [0.15, 0.2) is 39.6 Å². The first-order valence-corrected chi connectivity index (χ1v) is 10.9. The number of nitrogens with one attached hydrogen (secondary N) is 1. The predicted molar refractivity (Wildman–Crippen MR) is 115 cm³/mol. The van der Waals surface area contributed by atoms with Gasteiger partial charge in [0.05, 0.1) is 18.6 Å². The summed E-state index contributed by atoms with van der Waals surface area (Å²) in [6.45, 7) is 2.57. The van der Waals surface area contributed by atoms with Gasteiger partial charge in [-0.2, -0.15) is 0 Å². The third-order valence-corrected chi connectivity index (χ3v) is 5.61. The minimum atomic E-state index is -0.592. The molecule has 174 valence electrons. The van der Waals surface area contributed by atoms with Gasteiger partial charge in [0.15, 0.2) is 5.82 Å². The summed E-state index contributed by atoms with van der Waals surface area (Å²) in [5.41, 5.74) is 7.21. The molecule has 1 amide bonds. The molecule has 3 atom stereocenters. The molecule has 0 saturated carbocycles. The summed E-state index contributed by atoms with van der Waals surface area (Å²) in [6, 6.07) is 8.57. The molecule has 2 heterocycles. The quantitative estimate of drug-likeness (QED) is 0.417. The Hall–Kier alpha value is -3.14. The van der Waals surface area contributed by atoms with Crippen LogP contribution in [-0.4, -0.2) is 52.3 Å². The van der Waals surface area contributed by atoms with E-state index in [1.165, 1.54) is 0 Å². The lowest BCUT2D eigenvalue weighted by Crippen LogP contribution is -2.50. The number of likely N-dealkylation sites (tertiary alicyclic amines) is 1. The second kappa shape index (κ2) is 11.5. The van der Waals surface area contributed by atoms with Crippen molar-refractivity contribution in [1.29, 1.82) is 0 Å². The van der Waals surface area contributed by atoms with Gasteiger partial charge < -0.3 is 20.1 Å². The fourth-order valence-electron chi connectivity index (χ4n) is 4.07. The maximum atomic E-state index is 12.8. The number of ether oxygens (including phenoxy) is 2. The Morgan fingerprint density at radius 1 is 1.28 bits per heavy atom. The molecular formula is C22H30N4O6. The molecule has 1 saturated heterocycles. The zero-order chi connectivity index (χ0) is 22.9. The van der Waals surface area contributed by atoms with Gasteiger partial charge in [0, 0.05) is 19.0 Å². The van der Waals surface area contributed by atoms with Crippen LogP contribution in [0.2, 0.25) is 0 Å². The molecule has 1 aromatic heterocycles.